The molecule has 1 aromatic rings. The number of ether oxygens (including phenoxy) is 2. The van der Waals surface area contributed by atoms with Gasteiger partial charge in [-0.15, -0.1) is 0 Å². The molecule has 0 saturated heterocycles. The first kappa shape index (κ1) is 26.5. The summed E-state index contributed by atoms with van der Waals surface area (Å²) in [7, 11) is 1.54. The standard InChI is InChI=1S/C25H38O7/c1-15(14-26)9-16(2)21-12-19(31-5)13-22(28)25(3,4)18-8-6-7-17(10-18)11-20(27)23(29)24(30)32-21/h6-10,15,19-23,26-29H,11-14H2,1-5H3/b16-9-/t15-,19-,20-,21+,22+,23+/m1/s1. The van der Waals surface area contributed by atoms with Gasteiger partial charge in [-0.25, -0.2) is 4.79 Å². The molecule has 7 heteroatoms. The molecule has 180 valence electrons. The molecule has 0 spiro atoms. The molecular weight excluding hydrogens is 412 g/mol. The van der Waals surface area contributed by atoms with E-state index in [-0.39, 0.29) is 25.4 Å². The first-order valence-corrected chi connectivity index (χ1v) is 11.2. The highest BCUT2D eigenvalue weighted by atomic mass is 16.6. The molecule has 1 aliphatic heterocycles. The number of carbonyl (C=O) groups excluding carboxylic acids is 1. The zero-order chi connectivity index (χ0) is 24.1. The number of fused-ring (bicyclic) bond motifs is 2. The molecule has 0 radical (unpaired) electrons. The van der Waals surface area contributed by atoms with Gasteiger partial charge in [0, 0.05) is 38.4 Å². The van der Waals surface area contributed by atoms with Crippen molar-refractivity contribution in [2.75, 3.05) is 13.7 Å². The van der Waals surface area contributed by atoms with Crippen molar-refractivity contribution in [3.63, 3.8) is 0 Å². The van der Waals surface area contributed by atoms with Crippen LogP contribution in [0.1, 0.15) is 51.7 Å². The van der Waals surface area contributed by atoms with Crippen molar-refractivity contribution in [3.8, 4) is 0 Å². The van der Waals surface area contributed by atoms with Crippen molar-refractivity contribution in [3.05, 3.63) is 47.0 Å². The lowest BCUT2D eigenvalue weighted by molar-refractivity contribution is -0.165. The lowest BCUT2D eigenvalue weighted by atomic mass is 9.76. The summed E-state index contributed by atoms with van der Waals surface area (Å²) in [4.78, 5) is 12.7. The summed E-state index contributed by atoms with van der Waals surface area (Å²) in [5.41, 5.74) is 1.74. The average Bonchev–Trinajstić information content (AvgIpc) is 2.76. The van der Waals surface area contributed by atoms with Crippen LogP contribution in [0.4, 0.5) is 0 Å². The molecule has 0 fully saturated rings. The second-order valence-corrected chi connectivity index (χ2v) is 9.48. The Balaban J connectivity index is 2.46. The third-order valence-corrected chi connectivity index (χ3v) is 6.45. The van der Waals surface area contributed by atoms with Gasteiger partial charge in [-0.2, -0.15) is 0 Å². The van der Waals surface area contributed by atoms with E-state index in [1.807, 2.05) is 51.1 Å². The van der Waals surface area contributed by atoms with Crippen molar-refractivity contribution in [1.29, 1.82) is 0 Å². The van der Waals surface area contributed by atoms with Gasteiger partial charge in [-0.3, -0.25) is 0 Å². The Hall–Kier alpha value is -1.77. The van der Waals surface area contributed by atoms with Crippen LogP contribution in [0.25, 0.3) is 0 Å². The third-order valence-electron chi connectivity index (χ3n) is 6.45. The van der Waals surface area contributed by atoms with Crippen molar-refractivity contribution in [2.24, 2.45) is 5.92 Å². The van der Waals surface area contributed by atoms with Gasteiger partial charge in [0.1, 0.15) is 6.10 Å². The Kier molecular flexibility index (Phi) is 9.42. The fraction of sp³-hybridized carbons (Fsp3) is 0.640. The second kappa shape index (κ2) is 11.4. The maximum absolute atomic E-state index is 12.7. The minimum Gasteiger partial charge on any atom is -0.456 e. The number of hydrogen-bond donors (Lipinski definition) is 4. The monoisotopic (exact) mass is 450 g/mol. The molecule has 0 aliphatic carbocycles. The Morgan fingerprint density at radius 2 is 1.97 bits per heavy atom. The van der Waals surface area contributed by atoms with E-state index in [0.717, 1.165) is 11.1 Å². The fourth-order valence-corrected chi connectivity index (χ4v) is 4.02. The summed E-state index contributed by atoms with van der Waals surface area (Å²) in [6, 6.07) is 7.44. The minimum absolute atomic E-state index is 0.0578. The largest absolute Gasteiger partial charge is 0.456 e. The van der Waals surface area contributed by atoms with Crippen LogP contribution in [0.3, 0.4) is 0 Å². The lowest BCUT2D eigenvalue weighted by Crippen LogP contribution is -2.41. The summed E-state index contributed by atoms with van der Waals surface area (Å²) >= 11 is 0. The second-order valence-electron chi connectivity index (χ2n) is 9.48. The molecule has 2 bridgehead atoms. The van der Waals surface area contributed by atoms with Gasteiger partial charge in [0.15, 0.2) is 6.10 Å². The smallest absolute Gasteiger partial charge is 0.338 e. The van der Waals surface area contributed by atoms with E-state index in [0.29, 0.717) is 12.0 Å². The Labute approximate surface area is 190 Å². The highest BCUT2D eigenvalue weighted by Gasteiger charge is 2.35. The Bertz CT molecular complexity index is 788. The van der Waals surface area contributed by atoms with E-state index in [1.54, 1.807) is 14.0 Å². The van der Waals surface area contributed by atoms with E-state index in [4.69, 9.17) is 9.47 Å². The number of aliphatic hydroxyl groups is 4. The quantitative estimate of drug-likeness (QED) is 0.409. The van der Waals surface area contributed by atoms with Crippen LogP contribution in [-0.4, -0.2) is 70.6 Å². The van der Waals surface area contributed by atoms with Crippen LogP contribution >= 0.6 is 0 Å². The summed E-state index contributed by atoms with van der Waals surface area (Å²) in [6.07, 6.45) is -2.49. The molecule has 6 atom stereocenters. The molecular formula is C25H38O7. The van der Waals surface area contributed by atoms with E-state index >= 15 is 0 Å². The molecule has 0 amide bonds. The summed E-state index contributed by atoms with van der Waals surface area (Å²) in [6.45, 7) is 7.46. The molecule has 2 rings (SSSR count). The molecule has 0 saturated carbocycles. The van der Waals surface area contributed by atoms with Crippen molar-refractivity contribution in [2.45, 2.75) is 82.9 Å². The number of benzene rings is 1. The highest BCUT2D eigenvalue weighted by Crippen LogP contribution is 2.32. The van der Waals surface area contributed by atoms with Crippen LogP contribution in [-0.2, 0) is 26.1 Å². The van der Waals surface area contributed by atoms with Crippen LogP contribution in [0, 0.1) is 5.92 Å². The average molecular weight is 451 g/mol. The number of cyclic esters (lactones) is 1. The van der Waals surface area contributed by atoms with Crippen molar-refractivity contribution < 1.29 is 34.7 Å². The molecule has 7 nitrogen and oxygen atoms in total. The molecule has 0 unspecified atom stereocenters. The summed E-state index contributed by atoms with van der Waals surface area (Å²) in [5.74, 6) is -1.07. The van der Waals surface area contributed by atoms with E-state index in [2.05, 4.69) is 0 Å². The summed E-state index contributed by atoms with van der Waals surface area (Å²) in [5, 5.41) is 41.4. The topological polar surface area (TPSA) is 116 Å². The zero-order valence-corrected chi connectivity index (χ0v) is 19.7. The van der Waals surface area contributed by atoms with E-state index in [9.17, 15) is 25.2 Å². The van der Waals surface area contributed by atoms with Gasteiger partial charge in [0.05, 0.1) is 18.3 Å². The number of hydrogen-bond acceptors (Lipinski definition) is 7. The van der Waals surface area contributed by atoms with Crippen LogP contribution in [0.15, 0.2) is 35.9 Å². The van der Waals surface area contributed by atoms with Crippen molar-refractivity contribution >= 4 is 5.97 Å². The molecule has 1 aliphatic rings. The fourth-order valence-electron chi connectivity index (χ4n) is 4.02. The van der Waals surface area contributed by atoms with Gasteiger partial charge < -0.3 is 29.9 Å². The molecule has 0 aromatic heterocycles. The molecule has 1 heterocycles. The van der Waals surface area contributed by atoms with Crippen LogP contribution in [0.5, 0.6) is 0 Å². The normalized spacial score (nSPS) is 30.8. The van der Waals surface area contributed by atoms with Gasteiger partial charge in [0.2, 0.25) is 0 Å². The first-order chi connectivity index (χ1) is 15.0. The number of aliphatic hydroxyl groups excluding tert-OH is 4. The number of esters is 1. The van der Waals surface area contributed by atoms with Crippen LogP contribution < -0.4 is 0 Å². The predicted molar refractivity (Wildman–Crippen MR) is 121 cm³/mol. The number of rotatable bonds is 4. The minimum atomic E-state index is -1.70. The predicted octanol–water partition coefficient (Wildman–Crippen LogP) is 1.88. The van der Waals surface area contributed by atoms with Gasteiger partial charge in [-0.05, 0) is 29.5 Å². The highest BCUT2D eigenvalue weighted by molar-refractivity contribution is 5.75. The molecule has 32 heavy (non-hydrogen) atoms. The number of methoxy groups -OCH3 is 1. The van der Waals surface area contributed by atoms with Gasteiger partial charge in [-0.1, -0.05) is 51.1 Å². The zero-order valence-electron chi connectivity index (χ0n) is 19.7. The maximum Gasteiger partial charge on any atom is 0.338 e. The summed E-state index contributed by atoms with van der Waals surface area (Å²) < 4.78 is 11.2. The Morgan fingerprint density at radius 1 is 1.28 bits per heavy atom. The van der Waals surface area contributed by atoms with E-state index < -0.39 is 41.9 Å². The van der Waals surface area contributed by atoms with Crippen LogP contribution in [0.2, 0.25) is 0 Å². The van der Waals surface area contributed by atoms with E-state index in [1.165, 1.54) is 0 Å². The van der Waals surface area contributed by atoms with Crippen molar-refractivity contribution in [1.82, 2.24) is 0 Å². The maximum atomic E-state index is 12.7. The number of carbonyl (C=O) groups is 1. The van der Waals surface area contributed by atoms with Gasteiger partial charge in [0.25, 0.3) is 0 Å². The SMILES string of the molecule is CO[C@@H]1C[C@@H](/C(C)=C\[C@@H](C)CO)OC(=O)[C@@H](O)[C@H](O)Cc2cccc(c2)C(C)(C)[C@@H](O)C1. The first-order valence-electron chi connectivity index (χ1n) is 11.2. The lowest BCUT2D eigenvalue weighted by Gasteiger charge is -2.35. The molecule has 4 N–H and O–H groups in total. The Morgan fingerprint density at radius 3 is 2.59 bits per heavy atom. The third kappa shape index (κ3) is 6.62. The van der Waals surface area contributed by atoms with Gasteiger partial charge >= 0.3 is 5.97 Å². The molecule has 1 aromatic carbocycles.